The van der Waals surface area contributed by atoms with Gasteiger partial charge in [-0.15, -0.1) is 0 Å². The van der Waals surface area contributed by atoms with Gasteiger partial charge >= 0.3 is 0 Å². The van der Waals surface area contributed by atoms with Crippen LogP contribution in [-0.2, 0) is 19.5 Å². The van der Waals surface area contributed by atoms with E-state index in [-0.39, 0.29) is 0 Å². The van der Waals surface area contributed by atoms with Gasteiger partial charge in [-0.3, -0.25) is 9.88 Å². The van der Waals surface area contributed by atoms with Crippen LogP contribution in [0.4, 0.5) is 0 Å². The van der Waals surface area contributed by atoms with E-state index < -0.39 is 0 Å². The molecule has 0 saturated carbocycles. The van der Waals surface area contributed by atoms with E-state index in [2.05, 4.69) is 20.4 Å². The fourth-order valence-corrected chi connectivity index (χ4v) is 3.95. The van der Waals surface area contributed by atoms with Gasteiger partial charge in [-0.05, 0) is 56.9 Å². The lowest BCUT2D eigenvalue weighted by Gasteiger charge is -2.22. The van der Waals surface area contributed by atoms with Crippen molar-refractivity contribution in [1.29, 1.82) is 0 Å². The Bertz CT molecular complexity index is 719. The number of aryl methyl sites for hydroxylation is 1. The number of rotatable bonds is 3. The Labute approximate surface area is 149 Å². The lowest BCUT2D eigenvalue weighted by atomic mass is 9.95. The molecule has 0 radical (unpaired) electrons. The molecule has 4 heterocycles. The summed E-state index contributed by atoms with van der Waals surface area (Å²) < 4.78 is 5.59. The van der Waals surface area contributed by atoms with E-state index in [4.69, 9.17) is 9.51 Å². The van der Waals surface area contributed by atoms with Gasteiger partial charge in [0.25, 0.3) is 0 Å². The average molecular weight is 341 g/mol. The maximum atomic E-state index is 5.59. The molecule has 0 spiro atoms. The van der Waals surface area contributed by atoms with Gasteiger partial charge in [-0.1, -0.05) is 24.4 Å². The SMILES string of the molecule is Cc1ncc2c(c1-c1noc(CN3CCCCCCC3)n1)CCNC2. The summed E-state index contributed by atoms with van der Waals surface area (Å²) in [5, 5.41) is 7.69. The minimum Gasteiger partial charge on any atom is -0.338 e. The molecule has 2 aromatic rings. The van der Waals surface area contributed by atoms with Crippen LogP contribution in [0, 0.1) is 6.92 Å². The zero-order valence-corrected chi connectivity index (χ0v) is 15.1. The first kappa shape index (κ1) is 16.7. The molecule has 1 N–H and O–H groups in total. The van der Waals surface area contributed by atoms with Crippen LogP contribution in [0.3, 0.4) is 0 Å². The molecule has 0 atom stereocenters. The molecule has 6 heteroatoms. The number of aromatic nitrogens is 3. The molecule has 0 amide bonds. The lowest BCUT2D eigenvalue weighted by Crippen LogP contribution is -2.27. The van der Waals surface area contributed by atoms with Crippen molar-refractivity contribution < 1.29 is 4.52 Å². The van der Waals surface area contributed by atoms with E-state index in [0.29, 0.717) is 5.82 Å². The number of nitrogens with one attached hydrogen (secondary N) is 1. The van der Waals surface area contributed by atoms with Gasteiger partial charge in [0.2, 0.25) is 11.7 Å². The summed E-state index contributed by atoms with van der Waals surface area (Å²) >= 11 is 0. The first-order chi connectivity index (χ1) is 12.3. The zero-order chi connectivity index (χ0) is 17.1. The molecule has 2 aliphatic heterocycles. The Morgan fingerprint density at radius 1 is 1.16 bits per heavy atom. The van der Waals surface area contributed by atoms with Gasteiger partial charge in [0, 0.05) is 24.0 Å². The molecule has 0 unspecified atom stereocenters. The van der Waals surface area contributed by atoms with E-state index >= 15 is 0 Å². The molecule has 2 aliphatic rings. The zero-order valence-electron chi connectivity index (χ0n) is 15.1. The highest BCUT2D eigenvalue weighted by Gasteiger charge is 2.21. The minimum absolute atomic E-state index is 0.700. The normalized spacial score (nSPS) is 19.2. The minimum atomic E-state index is 0.700. The molecule has 2 aromatic heterocycles. The molecule has 6 nitrogen and oxygen atoms in total. The third-order valence-corrected chi connectivity index (χ3v) is 5.33. The number of pyridine rings is 1. The highest BCUT2D eigenvalue weighted by molar-refractivity contribution is 5.64. The number of hydrogen-bond acceptors (Lipinski definition) is 6. The number of likely N-dealkylation sites (tertiary alicyclic amines) is 1. The maximum absolute atomic E-state index is 5.59. The highest BCUT2D eigenvalue weighted by Crippen LogP contribution is 2.28. The van der Waals surface area contributed by atoms with Crippen molar-refractivity contribution in [2.75, 3.05) is 19.6 Å². The van der Waals surface area contributed by atoms with E-state index in [9.17, 15) is 0 Å². The molecule has 1 fully saturated rings. The molecular formula is C19H27N5O. The molecule has 0 aromatic carbocycles. The topological polar surface area (TPSA) is 67.1 Å². The third kappa shape index (κ3) is 3.75. The maximum Gasteiger partial charge on any atom is 0.241 e. The summed E-state index contributed by atoms with van der Waals surface area (Å²) in [6.07, 6.45) is 9.54. The van der Waals surface area contributed by atoms with Crippen molar-refractivity contribution >= 4 is 0 Å². The number of nitrogens with zero attached hydrogens (tertiary/aromatic N) is 4. The second-order valence-electron chi connectivity index (χ2n) is 7.20. The van der Waals surface area contributed by atoms with Crippen molar-refractivity contribution in [3.8, 4) is 11.4 Å². The fraction of sp³-hybridized carbons (Fsp3) is 0.632. The fourth-order valence-electron chi connectivity index (χ4n) is 3.95. The Morgan fingerprint density at radius 3 is 2.80 bits per heavy atom. The third-order valence-electron chi connectivity index (χ3n) is 5.33. The second kappa shape index (κ2) is 7.62. The highest BCUT2D eigenvalue weighted by atomic mass is 16.5. The summed E-state index contributed by atoms with van der Waals surface area (Å²) in [6, 6.07) is 0. The van der Waals surface area contributed by atoms with Gasteiger partial charge in [0.1, 0.15) is 0 Å². The predicted molar refractivity (Wildman–Crippen MR) is 96.0 cm³/mol. The Balaban J connectivity index is 1.55. The van der Waals surface area contributed by atoms with Crippen LogP contribution in [-0.4, -0.2) is 39.7 Å². The summed E-state index contributed by atoms with van der Waals surface area (Å²) in [4.78, 5) is 11.7. The van der Waals surface area contributed by atoms with E-state index in [1.807, 2.05) is 13.1 Å². The predicted octanol–water partition coefficient (Wildman–Crippen LogP) is 2.85. The first-order valence-electron chi connectivity index (χ1n) is 9.54. The summed E-state index contributed by atoms with van der Waals surface area (Å²) in [6.45, 7) is 6.91. The van der Waals surface area contributed by atoms with Crippen LogP contribution >= 0.6 is 0 Å². The van der Waals surface area contributed by atoms with Crippen molar-refractivity contribution in [3.63, 3.8) is 0 Å². The summed E-state index contributed by atoms with van der Waals surface area (Å²) in [5.74, 6) is 1.42. The average Bonchev–Trinajstić information content (AvgIpc) is 3.05. The standard InChI is InChI=1S/C19H27N5O/c1-14-18(16-7-8-20-11-15(16)12-21-14)19-22-17(25-23-19)13-24-9-5-3-2-4-6-10-24/h12,20H,2-11,13H2,1H3. The summed E-state index contributed by atoms with van der Waals surface area (Å²) in [7, 11) is 0. The van der Waals surface area contributed by atoms with Crippen molar-refractivity contribution in [2.24, 2.45) is 0 Å². The second-order valence-corrected chi connectivity index (χ2v) is 7.20. The molecule has 4 rings (SSSR count). The molecular weight excluding hydrogens is 314 g/mol. The quantitative estimate of drug-likeness (QED) is 0.926. The van der Waals surface area contributed by atoms with Crippen LogP contribution in [0.25, 0.3) is 11.4 Å². The van der Waals surface area contributed by atoms with Crippen LogP contribution in [0.1, 0.15) is 54.8 Å². The lowest BCUT2D eigenvalue weighted by molar-refractivity contribution is 0.208. The van der Waals surface area contributed by atoms with Crippen molar-refractivity contribution in [1.82, 2.24) is 25.3 Å². The van der Waals surface area contributed by atoms with E-state index in [0.717, 1.165) is 56.3 Å². The van der Waals surface area contributed by atoms with Crippen molar-refractivity contribution in [3.05, 3.63) is 28.9 Å². The molecule has 25 heavy (non-hydrogen) atoms. The van der Waals surface area contributed by atoms with Crippen LogP contribution in [0.15, 0.2) is 10.7 Å². The van der Waals surface area contributed by atoms with Gasteiger partial charge in [-0.2, -0.15) is 4.98 Å². The van der Waals surface area contributed by atoms with Gasteiger partial charge in [-0.25, -0.2) is 0 Å². The van der Waals surface area contributed by atoms with E-state index in [1.165, 1.54) is 43.2 Å². The monoisotopic (exact) mass is 341 g/mol. The Morgan fingerprint density at radius 2 is 1.96 bits per heavy atom. The van der Waals surface area contributed by atoms with Crippen LogP contribution < -0.4 is 5.32 Å². The van der Waals surface area contributed by atoms with Crippen LogP contribution in [0.2, 0.25) is 0 Å². The molecule has 0 bridgehead atoms. The Hall–Kier alpha value is -1.79. The molecule has 0 aliphatic carbocycles. The van der Waals surface area contributed by atoms with Crippen molar-refractivity contribution in [2.45, 2.75) is 58.5 Å². The molecule has 134 valence electrons. The first-order valence-corrected chi connectivity index (χ1v) is 9.54. The van der Waals surface area contributed by atoms with E-state index in [1.54, 1.807) is 0 Å². The largest absolute Gasteiger partial charge is 0.338 e. The number of fused-ring (bicyclic) bond motifs is 1. The van der Waals surface area contributed by atoms with Gasteiger partial charge in [0.15, 0.2) is 0 Å². The van der Waals surface area contributed by atoms with Gasteiger partial charge in [0.05, 0.1) is 6.54 Å². The summed E-state index contributed by atoms with van der Waals surface area (Å²) in [5.41, 5.74) is 4.63. The smallest absolute Gasteiger partial charge is 0.241 e. The number of hydrogen-bond donors (Lipinski definition) is 1. The van der Waals surface area contributed by atoms with Crippen LogP contribution in [0.5, 0.6) is 0 Å². The molecule has 1 saturated heterocycles. The Kier molecular flexibility index (Phi) is 5.08. The van der Waals surface area contributed by atoms with Gasteiger partial charge < -0.3 is 9.84 Å².